The molecule has 0 saturated carbocycles. The van der Waals surface area contributed by atoms with Crippen molar-refractivity contribution in [2.24, 2.45) is 0 Å². The number of hydrogen-bond acceptors (Lipinski definition) is 7. The number of carbonyl (C=O) groups is 1. The maximum atomic E-state index is 12.4. The molecule has 0 saturated heterocycles. The lowest BCUT2D eigenvalue weighted by molar-refractivity contribution is 0.102. The summed E-state index contributed by atoms with van der Waals surface area (Å²) in [7, 11) is 4.51. The molecular weight excluding hydrogens is 306 g/mol. The summed E-state index contributed by atoms with van der Waals surface area (Å²) in [5.41, 5.74) is 0.327. The molecule has 0 aliphatic rings. The molecule has 2 rings (SSSR count). The number of amides is 1. The van der Waals surface area contributed by atoms with E-state index >= 15 is 0 Å². The third kappa shape index (κ3) is 3.28. The van der Waals surface area contributed by atoms with Gasteiger partial charge in [-0.15, -0.1) is 10.2 Å². The van der Waals surface area contributed by atoms with Gasteiger partial charge in [-0.05, 0) is 6.42 Å². The van der Waals surface area contributed by atoms with E-state index in [1.165, 1.54) is 32.7 Å². The molecule has 1 heterocycles. The Hall–Kier alpha value is -2.35. The summed E-state index contributed by atoms with van der Waals surface area (Å²) in [6.45, 7) is 1.98. The third-order valence-corrected chi connectivity index (χ3v) is 3.92. The van der Waals surface area contributed by atoms with Crippen molar-refractivity contribution < 1.29 is 19.0 Å². The van der Waals surface area contributed by atoms with Gasteiger partial charge in [0.15, 0.2) is 11.5 Å². The van der Waals surface area contributed by atoms with E-state index in [1.807, 2.05) is 6.92 Å². The standard InChI is InChI=1S/C14H17N3O4S/c1-5-12-16-17-14(22-12)15-13(18)8-6-10(20-3)11(21-4)7-9(8)19-2/h6-7H,5H2,1-4H3,(H,15,17,18). The molecule has 0 radical (unpaired) electrons. The zero-order valence-corrected chi connectivity index (χ0v) is 13.6. The van der Waals surface area contributed by atoms with Crippen LogP contribution < -0.4 is 19.5 Å². The number of carbonyl (C=O) groups excluding carboxylic acids is 1. The highest BCUT2D eigenvalue weighted by Crippen LogP contribution is 2.35. The Balaban J connectivity index is 2.31. The number of ether oxygens (including phenoxy) is 3. The Bertz CT molecular complexity index is 672. The van der Waals surface area contributed by atoms with Crippen LogP contribution in [0.5, 0.6) is 17.2 Å². The molecule has 0 spiro atoms. The maximum Gasteiger partial charge on any atom is 0.261 e. The Morgan fingerprint density at radius 3 is 2.27 bits per heavy atom. The first kappa shape index (κ1) is 16.0. The molecule has 1 aromatic heterocycles. The normalized spacial score (nSPS) is 10.2. The van der Waals surface area contributed by atoms with E-state index in [0.29, 0.717) is 27.9 Å². The van der Waals surface area contributed by atoms with Crippen molar-refractivity contribution in [2.75, 3.05) is 26.6 Å². The highest BCUT2D eigenvalue weighted by atomic mass is 32.1. The molecule has 22 heavy (non-hydrogen) atoms. The minimum Gasteiger partial charge on any atom is -0.496 e. The molecule has 0 aliphatic heterocycles. The SMILES string of the molecule is CCc1nnc(NC(=O)c2cc(OC)c(OC)cc2OC)s1. The highest BCUT2D eigenvalue weighted by Gasteiger charge is 2.19. The van der Waals surface area contributed by atoms with E-state index < -0.39 is 0 Å². The molecule has 7 nitrogen and oxygen atoms in total. The average molecular weight is 323 g/mol. The Morgan fingerprint density at radius 1 is 1.09 bits per heavy atom. The van der Waals surface area contributed by atoms with E-state index in [-0.39, 0.29) is 5.91 Å². The second-order valence-electron chi connectivity index (χ2n) is 4.22. The topological polar surface area (TPSA) is 82.6 Å². The molecule has 2 aromatic rings. The summed E-state index contributed by atoms with van der Waals surface area (Å²) in [5, 5.41) is 11.9. The smallest absolute Gasteiger partial charge is 0.261 e. The largest absolute Gasteiger partial charge is 0.496 e. The second kappa shape index (κ2) is 7.08. The van der Waals surface area contributed by atoms with Gasteiger partial charge in [-0.25, -0.2) is 0 Å². The van der Waals surface area contributed by atoms with Gasteiger partial charge in [0.05, 0.1) is 26.9 Å². The zero-order valence-electron chi connectivity index (χ0n) is 12.8. The molecule has 0 atom stereocenters. The van der Waals surface area contributed by atoms with Crippen molar-refractivity contribution in [1.29, 1.82) is 0 Å². The average Bonchev–Trinajstić information content (AvgIpc) is 3.00. The number of nitrogens with one attached hydrogen (secondary N) is 1. The van der Waals surface area contributed by atoms with Crippen molar-refractivity contribution >= 4 is 22.4 Å². The second-order valence-corrected chi connectivity index (χ2v) is 5.28. The van der Waals surface area contributed by atoms with Crippen LogP contribution >= 0.6 is 11.3 Å². The summed E-state index contributed by atoms with van der Waals surface area (Å²) in [4.78, 5) is 12.4. The first-order chi connectivity index (χ1) is 10.6. The molecule has 1 aromatic carbocycles. The van der Waals surface area contributed by atoms with Crippen LogP contribution in [0, 0.1) is 0 Å². The van der Waals surface area contributed by atoms with Gasteiger partial charge in [0, 0.05) is 12.1 Å². The van der Waals surface area contributed by atoms with Crippen molar-refractivity contribution in [3.05, 3.63) is 22.7 Å². The van der Waals surface area contributed by atoms with E-state index in [9.17, 15) is 4.79 Å². The van der Waals surface area contributed by atoms with Crippen LogP contribution in [0.25, 0.3) is 0 Å². The molecule has 0 bridgehead atoms. The molecule has 0 aliphatic carbocycles. The molecule has 0 fully saturated rings. The number of rotatable bonds is 6. The summed E-state index contributed by atoms with van der Waals surface area (Å²) in [6.07, 6.45) is 0.771. The van der Waals surface area contributed by atoms with Crippen LogP contribution in [-0.2, 0) is 6.42 Å². The summed E-state index contributed by atoms with van der Waals surface area (Å²) in [6, 6.07) is 3.17. The van der Waals surface area contributed by atoms with Gasteiger partial charge >= 0.3 is 0 Å². The van der Waals surface area contributed by atoms with Gasteiger partial charge in [0.25, 0.3) is 5.91 Å². The van der Waals surface area contributed by atoms with Crippen LogP contribution in [0.4, 0.5) is 5.13 Å². The number of anilines is 1. The van der Waals surface area contributed by atoms with Gasteiger partial charge in [0.1, 0.15) is 10.8 Å². The van der Waals surface area contributed by atoms with Gasteiger partial charge in [-0.1, -0.05) is 18.3 Å². The van der Waals surface area contributed by atoms with Gasteiger partial charge < -0.3 is 14.2 Å². The summed E-state index contributed by atoms with van der Waals surface area (Å²) >= 11 is 1.34. The van der Waals surface area contributed by atoms with Crippen LogP contribution in [0.1, 0.15) is 22.3 Å². The molecule has 1 N–H and O–H groups in total. The van der Waals surface area contributed by atoms with Crippen LogP contribution in [0.15, 0.2) is 12.1 Å². The van der Waals surface area contributed by atoms with Crippen LogP contribution in [0.2, 0.25) is 0 Å². The first-order valence-electron chi connectivity index (χ1n) is 6.56. The zero-order chi connectivity index (χ0) is 16.1. The Kier molecular flexibility index (Phi) is 5.16. The minimum absolute atomic E-state index is 0.327. The number of aryl methyl sites for hydroxylation is 1. The van der Waals surface area contributed by atoms with Crippen molar-refractivity contribution in [3.8, 4) is 17.2 Å². The van der Waals surface area contributed by atoms with Gasteiger partial charge in [0.2, 0.25) is 5.13 Å². The fraction of sp³-hybridized carbons (Fsp3) is 0.357. The maximum absolute atomic E-state index is 12.4. The fourth-order valence-corrected chi connectivity index (χ4v) is 2.49. The lowest BCUT2D eigenvalue weighted by atomic mass is 10.1. The number of nitrogens with zero attached hydrogens (tertiary/aromatic N) is 2. The van der Waals surface area contributed by atoms with Crippen LogP contribution in [-0.4, -0.2) is 37.4 Å². The van der Waals surface area contributed by atoms with Crippen molar-refractivity contribution in [2.45, 2.75) is 13.3 Å². The molecule has 118 valence electrons. The monoisotopic (exact) mass is 323 g/mol. The highest BCUT2D eigenvalue weighted by molar-refractivity contribution is 7.15. The minimum atomic E-state index is -0.350. The first-order valence-corrected chi connectivity index (χ1v) is 7.38. The van der Waals surface area contributed by atoms with Crippen LogP contribution in [0.3, 0.4) is 0 Å². The summed E-state index contributed by atoms with van der Waals surface area (Å²) in [5.74, 6) is 0.965. The van der Waals surface area contributed by atoms with E-state index in [4.69, 9.17) is 14.2 Å². The van der Waals surface area contributed by atoms with Gasteiger partial charge in [-0.3, -0.25) is 10.1 Å². The molecule has 1 amide bonds. The fourth-order valence-electron chi connectivity index (χ4n) is 1.82. The number of hydrogen-bond donors (Lipinski definition) is 1. The number of aromatic nitrogens is 2. The predicted molar refractivity (Wildman–Crippen MR) is 83.3 cm³/mol. The quantitative estimate of drug-likeness (QED) is 0.879. The van der Waals surface area contributed by atoms with Gasteiger partial charge in [-0.2, -0.15) is 0 Å². The lowest BCUT2D eigenvalue weighted by Gasteiger charge is -2.13. The predicted octanol–water partition coefficient (Wildman–Crippen LogP) is 2.38. The molecule has 0 unspecified atom stereocenters. The number of benzene rings is 1. The number of methoxy groups -OCH3 is 3. The molecule has 8 heteroatoms. The van der Waals surface area contributed by atoms with E-state index in [1.54, 1.807) is 12.1 Å². The molecular formula is C14H17N3O4S. The Labute approximate surface area is 132 Å². The van der Waals surface area contributed by atoms with Crippen molar-refractivity contribution in [1.82, 2.24) is 10.2 Å². The van der Waals surface area contributed by atoms with E-state index in [0.717, 1.165) is 11.4 Å². The Morgan fingerprint density at radius 2 is 1.73 bits per heavy atom. The summed E-state index contributed by atoms with van der Waals surface area (Å²) < 4.78 is 15.6. The van der Waals surface area contributed by atoms with E-state index in [2.05, 4.69) is 15.5 Å². The van der Waals surface area contributed by atoms with Crippen molar-refractivity contribution in [3.63, 3.8) is 0 Å². The third-order valence-electron chi connectivity index (χ3n) is 2.94. The lowest BCUT2D eigenvalue weighted by Crippen LogP contribution is -2.13.